The molecule has 2 aromatic rings. The first kappa shape index (κ1) is 14.8. The summed E-state index contributed by atoms with van der Waals surface area (Å²) in [4.78, 5) is 19.2. The molecule has 3 heterocycles. The second-order valence-corrected chi connectivity index (χ2v) is 7.28. The van der Waals surface area contributed by atoms with E-state index in [0.717, 1.165) is 31.0 Å². The standard InChI is InChI=1S/C16H21N5OS/c22-15(14-8-13(19-20-14)11-4-5-11)18-16-17-12(10-23-16)9-21-6-2-1-3-7-21/h8,10-11H,1-7,9H2,(H,19,20)(H,17,18,22). The van der Waals surface area contributed by atoms with Gasteiger partial charge in [0.2, 0.25) is 0 Å². The largest absolute Gasteiger partial charge is 0.297 e. The van der Waals surface area contributed by atoms with E-state index in [9.17, 15) is 4.79 Å². The van der Waals surface area contributed by atoms with E-state index >= 15 is 0 Å². The summed E-state index contributed by atoms with van der Waals surface area (Å²) in [6.07, 6.45) is 6.26. The fraction of sp³-hybridized carbons (Fsp3) is 0.562. The van der Waals surface area contributed by atoms with Gasteiger partial charge >= 0.3 is 0 Å². The lowest BCUT2D eigenvalue weighted by atomic mass is 10.1. The number of aromatic amines is 1. The van der Waals surface area contributed by atoms with Gasteiger partial charge in [-0.15, -0.1) is 11.3 Å². The summed E-state index contributed by atoms with van der Waals surface area (Å²) in [5.74, 6) is 0.382. The summed E-state index contributed by atoms with van der Waals surface area (Å²) in [5, 5.41) is 12.6. The number of nitrogens with zero attached hydrogens (tertiary/aromatic N) is 3. The third kappa shape index (κ3) is 3.61. The molecule has 0 unspecified atom stereocenters. The molecule has 6 nitrogen and oxygen atoms in total. The maximum atomic E-state index is 12.2. The van der Waals surface area contributed by atoms with Crippen molar-refractivity contribution in [2.45, 2.75) is 44.6 Å². The summed E-state index contributed by atoms with van der Waals surface area (Å²) in [5.41, 5.74) is 2.55. The Morgan fingerprint density at radius 2 is 2.17 bits per heavy atom. The number of piperidine rings is 1. The number of hydrogen-bond acceptors (Lipinski definition) is 5. The Morgan fingerprint density at radius 1 is 1.35 bits per heavy atom. The SMILES string of the molecule is O=C(Nc1nc(CN2CCCCC2)cs1)c1cc(C2CC2)[nH]n1. The van der Waals surface area contributed by atoms with E-state index in [1.807, 2.05) is 11.4 Å². The first-order chi connectivity index (χ1) is 11.3. The molecule has 2 N–H and O–H groups in total. The van der Waals surface area contributed by atoms with E-state index in [1.54, 1.807) is 0 Å². The Kier molecular flexibility index (Phi) is 4.13. The van der Waals surface area contributed by atoms with Crippen LogP contribution < -0.4 is 5.32 Å². The van der Waals surface area contributed by atoms with Crippen molar-refractivity contribution in [2.75, 3.05) is 18.4 Å². The van der Waals surface area contributed by atoms with Crippen LogP contribution in [0.4, 0.5) is 5.13 Å². The lowest BCUT2D eigenvalue weighted by Crippen LogP contribution is -2.29. The molecule has 1 amide bonds. The quantitative estimate of drug-likeness (QED) is 0.883. The molecule has 1 saturated heterocycles. The van der Waals surface area contributed by atoms with Crippen molar-refractivity contribution < 1.29 is 4.79 Å². The van der Waals surface area contributed by atoms with E-state index in [2.05, 4.69) is 25.4 Å². The summed E-state index contributed by atoms with van der Waals surface area (Å²) in [6.45, 7) is 3.17. The van der Waals surface area contributed by atoms with Crippen molar-refractivity contribution >= 4 is 22.4 Å². The highest BCUT2D eigenvalue weighted by Gasteiger charge is 2.26. The second-order valence-electron chi connectivity index (χ2n) is 6.42. The van der Waals surface area contributed by atoms with Gasteiger partial charge in [0.1, 0.15) is 0 Å². The van der Waals surface area contributed by atoms with Gasteiger partial charge in [-0.25, -0.2) is 4.98 Å². The molecule has 1 saturated carbocycles. The zero-order valence-electron chi connectivity index (χ0n) is 13.0. The van der Waals surface area contributed by atoms with Crippen molar-refractivity contribution in [3.63, 3.8) is 0 Å². The van der Waals surface area contributed by atoms with Gasteiger partial charge in [-0.3, -0.25) is 20.1 Å². The highest BCUT2D eigenvalue weighted by molar-refractivity contribution is 7.13. The summed E-state index contributed by atoms with van der Waals surface area (Å²) in [6, 6.07) is 1.86. The number of carbonyl (C=O) groups is 1. The van der Waals surface area contributed by atoms with Crippen molar-refractivity contribution in [1.29, 1.82) is 0 Å². The molecule has 2 aliphatic rings. The number of anilines is 1. The lowest BCUT2D eigenvalue weighted by molar-refractivity contribution is 0.102. The molecule has 23 heavy (non-hydrogen) atoms. The lowest BCUT2D eigenvalue weighted by Gasteiger charge is -2.25. The topological polar surface area (TPSA) is 73.9 Å². The number of likely N-dealkylation sites (tertiary alicyclic amines) is 1. The van der Waals surface area contributed by atoms with Crippen LogP contribution in [0.1, 0.15) is 59.9 Å². The van der Waals surface area contributed by atoms with Crippen LogP contribution in [0.15, 0.2) is 11.4 Å². The van der Waals surface area contributed by atoms with Crippen molar-refractivity contribution in [1.82, 2.24) is 20.1 Å². The molecule has 2 aromatic heterocycles. The maximum absolute atomic E-state index is 12.2. The van der Waals surface area contributed by atoms with Gasteiger partial charge in [0.05, 0.1) is 5.69 Å². The Morgan fingerprint density at radius 3 is 2.96 bits per heavy atom. The highest BCUT2D eigenvalue weighted by Crippen LogP contribution is 2.39. The van der Waals surface area contributed by atoms with E-state index in [-0.39, 0.29) is 5.91 Å². The number of carbonyl (C=O) groups excluding carboxylic acids is 1. The van der Waals surface area contributed by atoms with Crippen LogP contribution in [-0.4, -0.2) is 39.1 Å². The molecule has 2 fully saturated rings. The van der Waals surface area contributed by atoms with Crippen LogP contribution in [0.5, 0.6) is 0 Å². The Hall–Kier alpha value is -1.73. The third-order valence-electron chi connectivity index (χ3n) is 4.45. The van der Waals surface area contributed by atoms with E-state index in [0.29, 0.717) is 16.7 Å². The smallest absolute Gasteiger partial charge is 0.277 e. The van der Waals surface area contributed by atoms with Crippen LogP contribution in [0.3, 0.4) is 0 Å². The van der Waals surface area contributed by atoms with Gasteiger partial charge in [0, 0.05) is 23.5 Å². The van der Waals surface area contributed by atoms with Gasteiger partial charge in [-0.1, -0.05) is 6.42 Å². The fourth-order valence-corrected chi connectivity index (χ4v) is 3.70. The molecule has 0 spiro atoms. The molecular weight excluding hydrogens is 310 g/mol. The molecule has 0 atom stereocenters. The fourth-order valence-electron chi connectivity index (χ4n) is 3.00. The normalized spacial score (nSPS) is 19.0. The molecule has 4 rings (SSSR count). The molecule has 0 aromatic carbocycles. The Labute approximate surface area is 139 Å². The van der Waals surface area contributed by atoms with E-state index in [1.165, 1.54) is 43.4 Å². The number of rotatable bonds is 5. The van der Waals surface area contributed by atoms with Crippen LogP contribution >= 0.6 is 11.3 Å². The van der Waals surface area contributed by atoms with Gasteiger partial charge in [0.15, 0.2) is 10.8 Å². The van der Waals surface area contributed by atoms with E-state index < -0.39 is 0 Å². The summed E-state index contributed by atoms with van der Waals surface area (Å²) < 4.78 is 0. The minimum Gasteiger partial charge on any atom is -0.297 e. The molecule has 1 aliphatic carbocycles. The van der Waals surface area contributed by atoms with Gasteiger partial charge in [-0.05, 0) is 44.8 Å². The molecule has 7 heteroatoms. The number of nitrogens with one attached hydrogen (secondary N) is 2. The molecule has 0 radical (unpaired) electrons. The number of H-pyrrole nitrogens is 1. The minimum atomic E-state index is -0.188. The van der Waals surface area contributed by atoms with Crippen LogP contribution in [-0.2, 0) is 6.54 Å². The maximum Gasteiger partial charge on any atom is 0.277 e. The summed E-state index contributed by atoms with van der Waals surface area (Å²) >= 11 is 1.48. The van der Waals surface area contributed by atoms with Crippen LogP contribution in [0, 0.1) is 0 Å². The highest BCUT2D eigenvalue weighted by atomic mass is 32.1. The van der Waals surface area contributed by atoms with Crippen molar-refractivity contribution in [2.24, 2.45) is 0 Å². The van der Waals surface area contributed by atoms with Crippen molar-refractivity contribution in [3.8, 4) is 0 Å². The van der Waals surface area contributed by atoms with Gasteiger partial charge in [0.25, 0.3) is 5.91 Å². The molecule has 122 valence electrons. The van der Waals surface area contributed by atoms with Gasteiger partial charge < -0.3 is 0 Å². The minimum absolute atomic E-state index is 0.188. The number of amides is 1. The first-order valence-corrected chi connectivity index (χ1v) is 9.19. The second kappa shape index (κ2) is 6.41. The average Bonchev–Trinajstić information content (AvgIpc) is 3.13. The Balaban J connectivity index is 1.35. The predicted octanol–water partition coefficient (Wildman–Crippen LogP) is 2.98. The van der Waals surface area contributed by atoms with Crippen molar-refractivity contribution in [3.05, 3.63) is 28.5 Å². The monoisotopic (exact) mass is 331 g/mol. The predicted molar refractivity (Wildman–Crippen MR) is 89.8 cm³/mol. The first-order valence-electron chi connectivity index (χ1n) is 8.31. The van der Waals surface area contributed by atoms with Gasteiger partial charge in [-0.2, -0.15) is 5.10 Å². The zero-order valence-corrected chi connectivity index (χ0v) is 13.9. The molecule has 0 bridgehead atoms. The number of hydrogen-bond donors (Lipinski definition) is 2. The average molecular weight is 331 g/mol. The van der Waals surface area contributed by atoms with Crippen LogP contribution in [0.2, 0.25) is 0 Å². The molecular formula is C16H21N5OS. The third-order valence-corrected chi connectivity index (χ3v) is 5.26. The number of aromatic nitrogens is 3. The number of thiazole rings is 1. The Bertz CT molecular complexity index is 684. The van der Waals surface area contributed by atoms with Crippen LogP contribution in [0.25, 0.3) is 0 Å². The molecule has 1 aliphatic heterocycles. The summed E-state index contributed by atoms with van der Waals surface area (Å²) in [7, 11) is 0. The zero-order chi connectivity index (χ0) is 15.6. The van der Waals surface area contributed by atoms with E-state index in [4.69, 9.17) is 0 Å².